The van der Waals surface area contributed by atoms with Crippen LogP contribution < -0.4 is 0 Å². The van der Waals surface area contributed by atoms with E-state index in [1.54, 1.807) is 0 Å². The van der Waals surface area contributed by atoms with Crippen molar-refractivity contribution in [2.24, 2.45) is 0 Å². The van der Waals surface area contributed by atoms with Gasteiger partial charge in [-0.15, -0.1) is 0 Å². The van der Waals surface area contributed by atoms with Gasteiger partial charge in [-0.2, -0.15) is 0 Å². The molecule has 0 aromatic rings. The predicted molar refractivity (Wildman–Crippen MR) is 23.9 cm³/mol. The highest BCUT2D eigenvalue weighted by molar-refractivity contribution is 7.51. The van der Waals surface area contributed by atoms with Gasteiger partial charge in [0.15, 0.2) is 0 Å². The minimum absolute atomic E-state index is 1.05. The van der Waals surface area contributed by atoms with E-state index in [0.29, 0.717) is 0 Å². The van der Waals surface area contributed by atoms with Crippen molar-refractivity contribution >= 4 is 7.60 Å². The first-order valence-electron chi connectivity index (χ1n) is 1.58. The number of nitro groups is 1. The van der Waals surface area contributed by atoms with E-state index in [4.69, 9.17) is 9.79 Å². The van der Waals surface area contributed by atoms with Gasteiger partial charge >= 0.3 is 13.9 Å². The Morgan fingerprint density at radius 2 is 2.00 bits per heavy atom. The second-order valence-corrected chi connectivity index (χ2v) is 2.75. The highest BCUT2D eigenvalue weighted by Gasteiger charge is 2.20. The summed E-state index contributed by atoms with van der Waals surface area (Å²) in [7, 11) is -4.42. The second kappa shape index (κ2) is 2.21. The Hall–Kier alpha value is -0.450. The summed E-state index contributed by atoms with van der Waals surface area (Å²) in [5.41, 5.74) is 0. The molecule has 0 rings (SSSR count). The molecular weight excluding hydrogens is 137 g/mol. The van der Waals surface area contributed by atoms with Crippen LogP contribution in [0, 0.1) is 10.1 Å². The summed E-state index contributed by atoms with van der Waals surface area (Å²) >= 11 is 0. The van der Waals surface area contributed by atoms with Crippen LogP contribution in [0.25, 0.3) is 0 Å². The van der Waals surface area contributed by atoms with Crippen LogP contribution in [0.15, 0.2) is 0 Å². The van der Waals surface area contributed by atoms with Gasteiger partial charge in [-0.1, -0.05) is 0 Å². The molecule has 0 bridgehead atoms. The van der Waals surface area contributed by atoms with Gasteiger partial charge in [0.25, 0.3) is 0 Å². The van der Waals surface area contributed by atoms with Gasteiger partial charge in [-0.3, -0.25) is 14.7 Å². The van der Waals surface area contributed by atoms with Gasteiger partial charge in [-0.05, 0) is 0 Å². The fourth-order valence-electron chi connectivity index (χ4n) is 0.150. The molecule has 48 valence electrons. The van der Waals surface area contributed by atoms with Gasteiger partial charge in [0.1, 0.15) is 0 Å². The molecule has 0 heterocycles. The summed E-state index contributed by atoms with van der Waals surface area (Å²) in [5, 5.41) is 9.33. The molecule has 0 saturated carbocycles. The maximum Gasteiger partial charge on any atom is 0.395 e. The van der Waals surface area contributed by atoms with Crippen molar-refractivity contribution in [3.63, 3.8) is 0 Å². The molecule has 0 amide bonds. The molecule has 2 N–H and O–H groups in total. The smallest absolute Gasteiger partial charge is 0.320 e. The summed E-state index contributed by atoms with van der Waals surface area (Å²) < 4.78 is 9.69. The van der Waals surface area contributed by atoms with Crippen molar-refractivity contribution in [1.82, 2.24) is 0 Å². The Bertz CT molecular complexity index is 135. The predicted octanol–water partition coefficient (Wildman–Crippen LogP) is -0.602. The number of hydrogen-bond donors (Lipinski definition) is 2. The molecule has 0 aromatic heterocycles. The topological polar surface area (TPSA) is 101 Å². The zero-order valence-electron chi connectivity index (χ0n) is 3.72. The Labute approximate surface area is 44.4 Å². The average Bonchev–Trinajstić information content (AvgIpc) is 1.21. The second-order valence-electron chi connectivity index (χ2n) is 1.14. The molecular formula is CH4NO5P. The van der Waals surface area contributed by atoms with Crippen LogP contribution >= 0.6 is 7.60 Å². The quantitative estimate of drug-likeness (QED) is 0.303. The maximum atomic E-state index is 9.69. The van der Waals surface area contributed by atoms with Gasteiger partial charge in [0.2, 0.25) is 0 Å². The van der Waals surface area contributed by atoms with Crippen molar-refractivity contribution in [2.45, 2.75) is 0 Å². The third-order valence-electron chi connectivity index (χ3n) is 0.300. The molecule has 0 radical (unpaired) electrons. The van der Waals surface area contributed by atoms with Crippen molar-refractivity contribution in [2.75, 3.05) is 6.29 Å². The van der Waals surface area contributed by atoms with E-state index in [9.17, 15) is 14.7 Å². The lowest BCUT2D eigenvalue weighted by molar-refractivity contribution is -0.461. The lowest BCUT2D eigenvalue weighted by Gasteiger charge is -1.93. The molecule has 0 aliphatic rings. The zero-order valence-corrected chi connectivity index (χ0v) is 4.62. The maximum absolute atomic E-state index is 9.69. The van der Waals surface area contributed by atoms with Crippen LogP contribution in [-0.4, -0.2) is 21.0 Å². The van der Waals surface area contributed by atoms with E-state index in [1.165, 1.54) is 0 Å². The van der Waals surface area contributed by atoms with Crippen LogP contribution in [-0.2, 0) is 4.57 Å². The summed E-state index contributed by atoms with van der Waals surface area (Å²) in [6.45, 7) is 0. The van der Waals surface area contributed by atoms with Crippen LogP contribution in [0.3, 0.4) is 0 Å². The first-order chi connectivity index (χ1) is 3.42. The van der Waals surface area contributed by atoms with Crippen LogP contribution in [0.4, 0.5) is 0 Å². The van der Waals surface area contributed by atoms with Gasteiger partial charge < -0.3 is 9.79 Å². The van der Waals surface area contributed by atoms with Crippen LogP contribution in [0.2, 0.25) is 0 Å². The first kappa shape index (κ1) is 7.55. The van der Waals surface area contributed by atoms with E-state index in [-0.39, 0.29) is 0 Å². The largest absolute Gasteiger partial charge is 0.395 e. The standard InChI is InChI=1S/CH4NO5P/c3-2(4)1-8(5,6)7/h1H2,(H2,5,6,7). The molecule has 0 aromatic carbocycles. The van der Waals surface area contributed by atoms with E-state index in [1.807, 2.05) is 0 Å². The Balaban J connectivity index is 3.74. The minimum Gasteiger partial charge on any atom is -0.320 e. The number of rotatable bonds is 2. The number of hydrogen-bond acceptors (Lipinski definition) is 3. The Morgan fingerprint density at radius 1 is 1.62 bits per heavy atom. The molecule has 0 aliphatic carbocycles. The van der Waals surface area contributed by atoms with Crippen molar-refractivity contribution < 1.29 is 19.3 Å². The fraction of sp³-hybridized carbons (Fsp3) is 1.00. The third kappa shape index (κ3) is 5.55. The van der Waals surface area contributed by atoms with Gasteiger partial charge in [0, 0.05) is 4.92 Å². The zero-order chi connectivity index (χ0) is 6.78. The van der Waals surface area contributed by atoms with Crippen molar-refractivity contribution in [3.05, 3.63) is 10.1 Å². The highest BCUT2D eigenvalue weighted by atomic mass is 31.2. The first-order valence-corrected chi connectivity index (χ1v) is 3.38. The fourth-order valence-corrected chi connectivity index (χ4v) is 0.451. The molecule has 0 saturated heterocycles. The molecule has 8 heavy (non-hydrogen) atoms. The summed E-state index contributed by atoms with van der Waals surface area (Å²) in [4.78, 5) is 24.0. The lowest BCUT2D eigenvalue weighted by Crippen LogP contribution is -2.00. The van der Waals surface area contributed by atoms with E-state index in [2.05, 4.69) is 0 Å². The monoisotopic (exact) mass is 141 g/mol. The Kier molecular flexibility index (Phi) is 2.09. The minimum atomic E-state index is -4.42. The van der Waals surface area contributed by atoms with E-state index in [0.717, 1.165) is 0 Å². The van der Waals surface area contributed by atoms with Gasteiger partial charge in [0.05, 0.1) is 0 Å². The Morgan fingerprint density at radius 3 is 2.00 bits per heavy atom. The van der Waals surface area contributed by atoms with Gasteiger partial charge in [-0.25, -0.2) is 0 Å². The molecule has 6 nitrogen and oxygen atoms in total. The molecule has 0 fully saturated rings. The SMILES string of the molecule is O=[N+]([O-])CP(=O)(O)O. The molecule has 7 heteroatoms. The summed E-state index contributed by atoms with van der Waals surface area (Å²) in [6, 6.07) is 0. The highest BCUT2D eigenvalue weighted by Crippen LogP contribution is 2.33. The summed E-state index contributed by atoms with van der Waals surface area (Å²) in [5.74, 6) is 0. The van der Waals surface area contributed by atoms with Crippen LogP contribution in [0.5, 0.6) is 0 Å². The molecule has 0 unspecified atom stereocenters. The van der Waals surface area contributed by atoms with Crippen molar-refractivity contribution in [1.29, 1.82) is 0 Å². The van der Waals surface area contributed by atoms with Crippen LogP contribution in [0.1, 0.15) is 0 Å². The van der Waals surface area contributed by atoms with E-state index < -0.39 is 18.8 Å². The summed E-state index contributed by atoms with van der Waals surface area (Å²) in [6.07, 6.45) is -1.28. The van der Waals surface area contributed by atoms with Crippen molar-refractivity contribution in [3.8, 4) is 0 Å². The van der Waals surface area contributed by atoms with E-state index >= 15 is 0 Å². The molecule has 0 spiro atoms. The normalized spacial score (nSPS) is 11.2. The molecule has 0 atom stereocenters. The lowest BCUT2D eigenvalue weighted by atomic mass is 11.5. The molecule has 0 aliphatic heterocycles. The average molecular weight is 141 g/mol. The number of nitrogens with zero attached hydrogens (tertiary/aromatic N) is 1. The third-order valence-corrected chi connectivity index (χ3v) is 0.899.